The molecule has 3 aliphatic rings. The smallest absolute Gasteiger partial charge is 0.231 e. The number of aliphatic hydroxyl groups is 1. The van der Waals surface area contributed by atoms with Crippen molar-refractivity contribution in [3.63, 3.8) is 0 Å². The summed E-state index contributed by atoms with van der Waals surface area (Å²) < 4.78 is 22.7. The Morgan fingerprint density at radius 2 is 2.16 bits per heavy atom. The zero-order valence-corrected chi connectivity index (χ0v) is 14.6. The van der Waals surface area contributed by atoms with Crippen molar-refractivity contribution in [3.05, 3.63) is 48.6 Å². The van der Waals surface area contributed by atoms with Gasteiger partial charge in [-0.15, -0.1) is 6.58 Å². The molecule has 1 aromatic rings. The molecule has 1 saturated heterocycles. The Morgan fingerprint density at radius 3 is 2.92 bits per heavy atom. The third-order valence-electron chi connectivity index (χ3n) is 5.98. The normalized spacial score (nSPS) is 38.6. The molecule has 5 atom stereocenters. The largest absolute Gasteiger partial charge is 0.454 e. The molecule has 4 rings (SSSR count). The highest BCUT2D eigenvalue weighted by molar-refractivity contribution is 5.45. The van der Waals surface area contributed by atoms with E-state index in [-0.39, 0.29) is 24.9 Å². The maximum atomic E-state index is 11.3. The molecular weight excluding hydrogens is 320 g/mol. The molecule has 2 aliphatic heterocycles. The fourth-order valence-electron chi connectivity index (χ4n) is 4.51. The lowest BCUT2D eigenvalue weighted by atomic mass is 9.62. The van der Waals surface area contributed by atoms with Gasteiger partial charge in [-0.05, 0) is 42.5 Å². The van der Waals surface area contributed by atoms with Crippen molar-refractivity contribution < 1.29 is 24.1 Å². The molecule has 5 nitrogen and oxygen atoms in total. The van der Waals surface area contributed by atoms with E-state index in [1.807, 2.05) is 30.4 Å². The van der Waals surface area contributed by atoms with Crippen LogP contribution in [0.25, 0.3) is 0 Å². The summed E-state index contributed by atoms with van der Waals surface area (Å²) in [6, 6.07) is 5.82. The lowest BCUT2D eigenvalue weighted by Gasteiger charge is -2.45. The monoisotopic (exact) mass is 344 g/mol. The highest BCUT2D eigenvalue weighted by Crippen LogP contribution is 2.62. The van der Waals surface area contributed by atoms with Crippen LogP contribution in [0.1, 0.15) is 31.4 Å². The first-order valence-electron chi connectivity index (χ1n) is 8.66. The van der Waals surface area contributed by atoms with Crippen LogP contribution >= 0.6 is 0 Å². The van der Waals surface area contributed by atoms with Crippen molar-refractivity contribution in [2.24, 2.45) is 11.3 Å². The topological polar surface area (TPSA) is 57.2 Å². The van der Waals surface area contributed by atoms with Gasteiger partial charge in [0.15, 0.2) is 17.3 Å². The van der Waals surface area contributed by atoms with Gasteiger partial charge in [-0.3, -0.25) is 0 Å². The van der Waals surface area contributed by atoms with Gasteiger partial charge in [-0.25, -0.2) is 0 Å². The fraction of sp³-hybridized carbons (Fsp3) is 0.500. The minimum absolute atomic E-state index is 0.0400. The van der Waals surface area contributed by atoms with Gasteiger partial charge in [0.25, 0.3) is 0 Å². The number of ether oxygens (including phenoxy) is 4. The Kier molecular flexibility index (Phi) is 3.90. The summed E-state index contributed by atoms with van der Waals surface area (Å²) in [4.78, 5) is 0. The molecular formula is C20H24O5. The van der Waals surface area contributed by atoms with Crippen molar-refractivity contribution in [2.75, 3.05) is 13.9 Å². The van der Waals surface area contributed by atoms with Crippen LogP contribution in [0.15, 0.2) is 43.0 Å². The van der Waals surface area contributed by atoms with Gasteiger partial charge in [0.1, 0.15) is 0 Å². The maximum Gasteiger partial charge on any atom is 0.231 e. The lowest BCUT2D eigenvalue weighted by Crippen LogP contribution is -2.50. The number of rotatable bonds is 4. The van der Waals surface area contributed by atoms with E-state index in [2.05, 4.69) is 13.5 Å². The van der Waals surface area contributed by atoms with Gasteiger partial charge in [0, 0.05) is 12.5 Å². The molecule has 0 saturated carbocycles. The first-order valence-corrected chi connectivity index (χ1v) is 8.66. The minimum atomic E-state index is -1.34. The molecule has 1 aliphatic carbocycles. The zero-order valence-electron chi connectivity index (χ0n) is 14.6. The highest BCUT2D eigenvalue weighted by Gasteiger charge is 2.63. The quantitative estimate of drug-likeness (QED) is 0.849. The molecule has 25 heavy (non-hydrogen) atoms. The van der Waals surface area contributed by atoms with E-state index < -0.39 is 11.2 Å². The molecule has 0 amide bonds. The van der Waals surface area contributed by atoms with E-state index in [1.54, 1.807) is 13.2 Å². The number of methoxy groups -OCH3 is 1. The second-order valence-electron chi connectivity index (χ2n) is 7.12. The number of hydrogen-bond acceptors (Lipinski definition) is 5. The fourth-order valence-corrected chi connectivity index (χ4v) is 4.51. The van der Waals surface area contributed by atoms with Crippen molar-refractivity contribution >= 4 is 0 Å². The second-order valence-corrected chi connectivity index (χ2v) is 7.12. The van der Waals surface area contributed by atoms with Gasteiger partial charge in [0.2, 0.25) is 6.79 Å². The molecule has 1 aromatic carbocycles. The number of hydrogen-bond donors (Lipinski definition) is 1. The third kappa shape index (κ3) is 2.34. The standard InChI is InChI=1S/C20H24O5/c1-4-8-19-11-15(22-3)7-9-20(19,21)25-18(13(19)2)14-5-6-16-17(10-14)24-12-23-16/h4-7,9-10,13,15,18,21H,1,8,11-12H2,2-3H3. The summed E-state index contributed by atoms with van der Waals surface area (Å²) in [5.41, 5.74) is 0.496. The molecule has 1 fully saturated rings. The summed E-state index contributed by atoms with van der Waals surface area (Å²) in [7, 11) is 1.69. The van der Waals surface area contributed by atoms with Crippen LogP contribution in [-0.2, 0) is 9.47 Å². The Bertz CT molecular complexity index is 714. The van der Waals surface area contributed by atoms with Crippen molar-refractivity contribution in [3.8, 4) is 11.5 Å². The van der Waals surface area contributed by atoms with Crippen molar-refractivity contribution in [1.29, 1.82) is 0 Å². The molecule has 0 spiro atoms. The van der Waals surface area contributed by atoms with E-state index in [0.717, 1.165) is 17.1 Å². The Hall–Kier alpha value is -1.82. The predicted molar refractivity (Wildman–Crippen MR) is 92.3 cm³/mol. The number of fused-ring (bicyclic) bond motifs is 2. The number of allylic oxidation sites excluding steroid dienone is 1. The molecule has 0 radical (unpaired) electrons. The van der Waals surface area contributed by atoms with Crippen LogP contribution in [0.2, 0.25) is 0 Å². The molecule has 0 bridgehead atoms. The Labute approximate surface area is 147 Å². The third-order valence-corrected chi connectivity index (χ3v) is 5.98. The minimum Gasteiger partial charge on any atom is -0.454 e. The molecule has 0 aromatic heterocycles. The Balaban J connectivity index is 1.73. The molecule has 5 heteroatoms. The van der Waals surface area contributed by atoms with E-state index in [1.165, 1.54) is 0 Å². The molecule has 5 unspecified atom stereocenters. The summed E-state index contributed by atoms with van der Waals surface area (Å²) in [5.74, 6) is 0.193. The van der Waals surface area contributed by atoms with Crippen LogP contribution in [0.4, 0.5) is 0 Å². The summed E-state index contributed by atoms with van der Waals surface area (Å²) in [6.07, 6.45) is 6.54. The van der Waals surface area contributed by atoms with E-state index in [9.17, 15) is 5.11 Å². The van der Waals surface area contributed by atoms with Gasteiger partial charge in [-0.1, -0.05) is 25.1 Å². The van der Waals surface area contributed by atoms with Gasteiger partial charge in [0.05, 0.1) is 12.2 Å². The predicted octanol–water partition coefficient (Wildman–Crippen LogP) is 3.35. The molecule has 134 valence electrons. The summed E-state index contributed by atoms with van der Waals surface area (Å²) in [5, 5.41) is 11.3. The van der Waals surface area contributed by atoms with Gasteiger partial charge >= 0.3 is 0 Å². The maximum absolute atomic E-state index is 11.3. The van der Waals surface area contributed by atoms with Crippen LogP contribution in [-0.4, -0.2) is 30.9 Å². The Morgan fingerprint density at radius 1 is 1.36 bits per heavy atom. The lowest BCUT2D eigenvalue weighted by molar-refractivity contribution is -0.216. The van der Waals surface area contributed by atoms with Crippen LogP contribution in [0.5, 0.6) is 11.5 Å². The van der Waals surface area contributed by atoms with Gasteiger partial charge < -0.3 is 24.1 Å². The first-order chi connectivity index (χ1) is 12.0. The van der Waals surface area contributed by atoms with Crippen LogP contribution in [0, 0.1) is 11.3 Å². The molecule has 2 heterocycles. The van der Waals surface area contributed by atoms with Gasteiger partial charge in [-0.2, -0.15) is 0 Å². The average molecular weight is 344 g/mol. The van der Waals surface area contributed by atoms with E-state index in [4.69, 9.17) is 18.9 Å². The van der Waals surface area contributed by atoms with Crippen molar-refractivity contribution in [2.45, 2.75) is 37.8 Å². The van der Waals surface area contributed by atoms with E-state index in [0.29, 0.717) is 12.8 Å². The van der Waals surface area contributed by atoms with Crippen molar-refractivity contribution in [1.82, 2.24) is 0 Å². The summed E-state index contributed by atoms with van der Waals surface area (Å²) in [6.45, 7) is 6.27. The first kappa shape index (κ1) is 16.6. The molecule has 1 N–H and O–H groups in total. The zero-order chi connectivity index (χ0) is 17.7. The second kappa shape index (κ2) is 5.87. The number of benzene rings is 1. The average Bonchev–Trinajstić information content (AvgIpc) is 3.16. The SMILES string of the molecule is C=CCC12CC(OC)C=CC1(O)OC(c1ccc3c(c1)OCO3)C2C. The summed E-state index contributed by atoms with van der Waals surface area (Å²) >= 11 is 0. The van der Waals surface area contributed by atoms with E-state index >= 15 is 0 Å². The van der Waals surface area contributed by atoms with Crippen LogP contribution < -0.4 is 9.47 Å². The van der Waals surface area contributed by atoms with Crippen LogP contribution in [0.3, 0.4) is 0 Å². The highest BCUT2D eigenvalue weighted by atomic mass is 16.7.